The third kappa shape index (κ3) is 1.67. The van der Waals surface area contributed by atoms with Crippen LogP contribution in [0.4, 0.5) is 0 Å². The average Bonchev–Trinajstić information content (AvgIpc) is 3.02. The second kappa shape index (κ2) is 3.17. The normalized spacial score (nSPS) is 50.6. The van der Waals surface area contributed by atoms with E-state index in [-0.39, 0.29) is 11.3 Å². The Morgan fingerprint density at radius 1 is 0.857 bits per heavy atom. The van der Waals surface area contributed by atoms with E-state index < -0.39 is 0 Å². The first-order chi connectivity index (χ1) is 6.54. The molecule has 0 radical (unpaired) electrons. The molecule has 2 fully saturated rings. The minimum atomic E-state index is 0.276. The fraction of sp³-hybridized carbons (Fsp3) is 1.00. The van der Waals surface area contributed by atoms with Gasteiger partial charge in [0.1, 0.15) is 0 Å². The zero-order chi connectivity index (χ0) is 10.4. The fourth-order valence-corrected chi connectivity index (χ4v) is 1.88. The Morgan fingerprint density at radius 2 is 1.21 bits per heavy atom. The van der Waals surface area contributed by atoms with E-state index in [4.69, 9.17) is 0 Å². The SMILES string of the molecule is CC[C@@]1(C)NN1CCN1N[C@@]1(C)CC. The van der Waals surface area contributed by atoms with Crippen LogP contribution in [0.3, 0.4) is 0 Å². The summed E-state index contributed by atoms with van der Waals surface area (Å²) in [7, 11) is 0. The lowest BCUT2D eigenvalue weighted by atomic mass is 10.2. The van der Waals surface area contributed by atoms with E-state index in [9.17, 15) is 0 Å². The highest BCUT2D eigenvalue weighted by Crippen LogP contribution is 2.30. The standard InChI is InChI=1S/C10H22N4/c1-5-9(3)11-13(9)7-8-14-10(4,6-2)12-14/h11-12H,5-8H2,1-4H3/t9-,10+,13?,14?. The summed E-state index contributed by atoms with van der Waals surface area (Å²) < 4.78 is 0. The summed E-state index contributed by atoms with van der Waals surface area (Å²) in [6.45, 7) is 11.2. The molecule has 0 bridgehead atoms. The Hall–Kier alpha value is -0.160. The summed E-state index contributed by atoms with van der Waals surface area (Å²) in [6, 6.07) is 0. The summed E-state index contributed by atoms with van der Waals surface area (Å²) in [6.07, 6.45) is 2.34. The highest BCUT2D eigenvalue weighted by molar-refractivity contribution is 4.96. The maximum absolute atomic E-state index is 3.40. The predicted octanol–water partition coefficient (Wildman–Crippen LogP) is 0.879. The molecule has 0 aromatic heterocycles. The van der Waals surface area contributed by atoms with Gasteiger partial charge < -0.3 is 0 Å². The van der Waals surface area contributed by atoms with Crippen LogP contribution in [-0.2, 0) is 0 Å². The minimum Gasteiger partial charge on any atom is -0.232 e. The Balaban J connectivity index is 1.67. The van der Waals surface area contributed by atoms with Gasteiger partial charge in [-0.15, -0.1) is 0 Å². The molecule has 4 atom stereocenters. The van der Waals surface area contributed by atoms with Gasteiger partial charge in [0.25, 0.3) is 0 Å². The van der Waals surface area contributed by atoms with E-state index >= 15 is 0 Å². The summed E-state index contributed by atoms with van der Waals surface area (Å²) >= 11 is 0. The summed E-state index contributed by atoms with van der Waals surface area (Å²) in [5.74, 6) is 0. The first-order valence-electron chi connectivity index (χ1n) is 5.65. The topological polar surface area (TPSA) is 49.9 Å². The molecular formula is C10H22N4. The number of nitrogens with one attached hydrogen (secondary N) is 2. The molecule has 2 aliphatic rings. The van der Waals surface area contributed by atoms with E-state index in [1.165, 1.54) is 12.8 Å². The molecule has 2 rings (SSSR count). The van der Waals surface area contributed by atoms with Gasteiger partial charge in [-0.05, 0) is 26.7 Å². The molecule has 2 N–H and O–H groups in total. The van der Waals surface area contributed by atoms with Crippen molar-refractivity contribution in [3.05, 3.63) is 0 Å². The van der Waals surface area contributed by atoms with E-state index in [0.29, 0.717) is 0 Å². The smallest absolute Gasteiger partial charge is 0.0944 e. The van der Waals surface area contributed by atoms with Crippen molar-refractivity contribution in [3.63, 3.8) is 0 Å². The Labute approximate surface area is 86.6 Å². The van der Waals surface area contributed by atoms with Crippen LogP contribution in [0.2, 0.25) is 0 Å². The zero-order valence-corrected chi connectivity index (χ0v) is 9.72. The van der Waals surface area contributed by atoms with Crippen LogP contribution in [0.15, 0.2) is 0 Å². The van der Waals surface area contributed by atoms with Crippen molar-refractivity contribution in [2.75, 3.05) is 13.1 Å². The Morgan fingerprint density at radius 3 is 1.43 bits per heavy atom. The summed E-state index contributed by atoms with van der Waals surface area (Å²) in [5, 5.41) is 4.64. The molecule has 0 aliphatic carbocycles. The molecule has 0 spiro atoms. The molecule has 2 aliphatic heterocycles. The maximum atomic E-state index is 3.40. The lowest BCUT2D eigenvalue weighted by Gasteiger charge is -2.08. The number of nitrogens with zero attached hydrogens (tertiary/aromatic N) is 2. The largest absolute Gasteiger partial charge is 0.232 e. The quantitative estimate of drug-likeness (QED) is 0.644. The number of rotatable bonds is 5. The van der Waals surface area contributed by atoms with Crippen LogP contribution in [0.5, 0.6) is 0 Å². The first kappa shape index (κ1) is 10.4. The van der Waals surface area contributed by atoms with E-state index in [2.05, 4.69) is 48.6 Å². The van der Waals surface area contributed by atoms with E-state index in [1.54, 1.807) is 0 Å². The van der Waals surface area contributed by atoms with Gasteiger partial charge in [-0.25, -0.2) is 20.9 Å². The van der Waals surface area contributed by atoms with Crippen molar-refractivity contribution in [1.82, 2.24) is 20.9 Å². The van der Waals surface area contributed by atoms with Crippen LogP contribution >= 0.6 is 0 Å². The van der Waals surface area contributed by atoms with Gasteiger partial charge in [-0.2, -0.15) is 0 Å². The molecule has 2 saturated heterocycles. The summed E-state index contributed by atoms with van der Waals surface area (Å²) in [5.41, 5.74) is 7.36. The van der Waals surface area contributed by atoms with Gasteiger partial charge in [0.05, 0.1) is 11.3 Å². The number of hydrogen-bond donors (Lipinski definition) is 2. The molecule has 0 aromatic carbocycles. The fourth-order valence-electron chi connectivity index (χ4n) is 1.88. The predicted molar refractivity (Wildman–Crippen MR) is 57.1 cm³/mol. The van der Waals surface area contributed by atoms with Gasteiger partial charge in [0, 0.05) is 13.1 Å². The molecule has 4 heteroatoms. The third-order valence-electron chi connectivity index (χ3n) is 3.77. The van der Waals surface area contributed by atoms with Gasteiger partial charge in [-0.3, -0.25) is 0 Å². The molecule has 2 heterocycles. The van der Waals surface area contributed by atoms with E-state index in [1.807, 2.05) is 0 Å². The lowest BCUT2D eigenvalue weighted by Crippen LogP contribution is -2.23. The van der Waals surface area contributed by atoms with Crippen molar-refractivity contribution in [2.45, 2.75) is 51.9 Å². The number of hydrazine groups is 2. The van der Waals surface area contributed by atoms with Crippen molar-refractivity contribution < 1.29 is 0 Å². The molecular weight excluding hydrogens is 176 g/mol. The zero-order valence-electron chi connectivity index (χ0n) is 9.72. The molecule has 0 saturated carbocycles. The van der Waals surface area contributed by atoms with Gasteiger partial charge in [0.15, 0.2) is 0 Å². The minimum absolute atomic E-state index is 0.276. The van der Waals surface area contributed by atoms with Gasteiger partial charge >= 0.3 is 0 Å². The second-order valence-corrected chi connectivity index (χ2v) is 4.78. The van der Waals surface area contributed by atoms with Crippen LogP contribution < -0.4 is 10.9 Å². The average molecular weight is 198 g/mol. The third-order valence-corrected chi connectivity index (χ3v) is 3.77. The molecule has 4 nitrogen and oxygen atoms in total. The van der Waals surface area contributed by atoms with Crippen molar-refractivity contribution in [2.24, 2.45) is 0 Å². The van der Waals surface area contributed by atoms with Gasteiger partial charge in [0.2, 0.25) is 0 Å². The number of hydrogen-bond acceptors (Lipinski definition) is 4. The molecule has 2 unspecified atom stereocenters. The monoisotopic (exact) mass is 198 g/mol. The Bertz CT molecular complexity index is 208. The second-order valence-electron chi connectivity index (χ2n) is 4.78. The highest BCUT2D eigenvalue weighted by Gasteiger charge is 2.49. The molecule has 14 heavy (non-hydrogen) atoms. The maximum Gasteiger partial charge on any atom is 0.0944 e. The lowest BCUT2D eigenvalue weighted by molar-refractivity contribution is 0.334. The van der Waals surface area contributed by atoms with Crippen LogP contribution in [0.1, 0.15) is 40.5 Å². The molecule has 0 amide bonds. The van der Waals surface area contributed by atoms with Crippen LogP contribution in [0.25, 0.3) is 0 Å². The van der Waals surface area contributed by atoms with Crippen molar-refractivity contribution >= 4 is 0 Å². The van der Waals surface area contributed by atoms with E-state index in [0.717, 1.165) is 13.1 Å². The van der Waals surface area contributed by atoms with Crippen molar-refractivity contribution in [1.29, 1.82) is 0 Å². The molecule has 0 aromatic rings. The first-order valence-corrected chi connectivity index (χ1v) is 5.65. The Kier molecular flexibility index (Phi) is 2.34. The summed E-state index contributed by atoms with van der Waals surface area (Å²) in [4.78, 5) is 0. The van der Waals surface area contributed by atoms with Crippen LogP contribution in [-0.4, -0.2) is 34.4 Å². The highest BCUT2D eigenvalue weighted by atomic mass is 15.8. The van der Waals surface area contributed by atoms with Crippen LogP contribution in [0, 0.1) is 0 Å². The van der Waals surface area contributed by atoms with Gasteiger partial charge in [-0.1, -0.05) is 13.8 Å². The van der Waals surface area contributed by atoms with Crippen molar-refractivity contribution in [3.8, 4) is 0 Å². The molecule has 82 valence electrons.